The van der Waals surface area contributed by atoms with Crippen LogP contribution >= 0.6 is 11.6 Å². The molecule has 0 spiro atoms. The summed E-state index contributed by atoms with van der Waals surface area (Å²) >= 11 is 6.01. The van der Waals surface area contributed by atoms with Gasteiger partial charge in [0.05, 0.1) is 18.1 Å². The zero-order valence-corrected chi connectivity index (χ0v) is 13.8. The van der Waals surface area contributed by atoms with E-state index in [9.17, 15) is 22.9 Å². The zero-order valence-electron chi connectivity index (χ0n) is 12.2. The summed E-state index contributed by atoms with van der Waals surface area (Å²) in [6.45, 7) is 0. The Hall–Kier alpha value is -2.20. The third-order valence-electron chi connectivity index (χ3n) is 3.01. The number of benzene rings is 1. The van der Waals surface area contributed by atoms with Crippen molar-refractivity contribution in [3.05, 3.63) is 33.1 Å². The minimum atomic E-state index is -3.69. The third-order valence-corrected chi connectivity index (χ3v) is 4.65. The molecule has 2 rings (SSSR count). The van der Waals surface area contributed by atoms with Crippen LogP contribution in [0.5, 0.6) is 5.75 Å². The van der Waals surface area contributed by atoms with Crippen LogP contribution in [0.3, 0.4) is 0 Å². The number of hydrogen-bond acceptors (Lipinski definition) is 6. The minimum Gasteiger partial charge on any atom is -0.490 e. The molecule has 0 N–H and O–H groups in total. The van der Waals surface area contributed by atoms with Gasteiger partial charge in [-0.15, -0.1) is 0 Å². The second kappa shape index (κ2) is 5.78. The van der Waals surface area contributed by atoms with Crippen LogP contribution in [0.1, 0.15) is 0 Å². The van der Waals surface area contributed by atoms with Gasteiger partial charge in [0.1, 0.15) is 16.5 Å². The van der Waals surface area contributed by atoms with Gasteiger partial charge in [0.15, 0.2) is 20.6 Å². The fourth-order valence-corrected chi connectivity index (χ4v) is 3.71. The monoisotopic (exact) mass is 363 g/mol. The number of aryl methyl sites for hydroxylation is 1. The highest BCUT2D eigenvalue weighted by Gasteiger charge is 2.27. The van der Waals surface area contributed by atoms with Crippen molar-refractivity contribution < 1.29 is 22.5 Å². The summed E-state index contributed by atoms with van der Waals surface area (Å²) in [7, 11) is -1.17. The Balaban J connectivity index is 2.76. The predicted molar refractivity (Wildman–Crippen MR) is 79.9 cm³/mol. The molecule has 8 nitrogen and oxygen atoms in total. The number of hydrogen-bond donors (Lipinski definition) is 0. The number of rotatable bonds is 4. The lowest BCUT2D eigenvalue weighted by atomic mass is 10.1. The molecule has 0 aliphatic heterocycles. The van der Waals surface area contributed by atoms with Crippen LogP contribution in [0.2, 0.25) is 5.02 Å². The van der Waals surface area contributed by atoms with Crippen molar-refractivity contribution in [1.82, 2.24) is 9.78 Å². The summed E-state index contributed by atoms with van der Waals surface area (Å²) in [5.41, 5.74) is -0.924. The van der Waals surface area contributed by atoms with Crippen LogP contribution in [0.4, 0.5) is 10.1 Å². The molecule has 1 aromatic heterocycles. The highest BCUT2D eigenvalue weighted by atomic mass is 35.5. The summed E-state index contributed by atoms with van der Waals surface area (Å²) < 4.78 is 43.5. The number of nitro groups is 1. The van der Waals surface area contributed by atoms with Gasteiger partial charge in [-0.25, -0.2) is 12.8 Å². The molecule has 0 aliphatic rings. The van der Waals surface area contributed by atoms with Crippen LogP contribution in [0.15, 0.2) is 17.2 Å². The van der Waals surface area contributed by atoms with Crippen LogP contribution in [-0.2, 0) is 16.9 Å². The molecule has 0 unspecified atom stereocenters. The van der Waals surface area contributed by atoms with E-state index in [2.05, 4.69) is 5.10 Å². The molecular formula is C12H11ClFN3O5S. The first-order chi connectivity index (χ1) is 10.6. The van der Waals surface area contributed by atoms with Gasteiger partial charge < -0.3 is 4.74 Å². The number of nitrogens with zero attached hydrogens (tertiary/aromatic N) is 3. The SMILES string of the molecule is COc1cc(-c2nn(C)c(S(C)(=O)=O)c2Cl)c(F)cc1[N+](=O)[O-]. The number of methoxy groups -OCH3 is 1. The van der Waals surface area contributed by atoms with Crippen LogP contribution in [0, 0.1) is 15.9 Å². The fourth-order valence-electron chi connectivity index (χ4n) is 2.09. The highest BCUT2D eigenvalue weighted by molar-refractivity contribution is 7.90. The first kappa shape index (κ1) is 17.2. The Kier molecular flexibility index (Phi) is 4.31. The van der Waals surface area contributed by atoms with Crippen molar-refractivity contribution in [1.29, 1.82) is 0 Å². The van der Waals surface area contributed by atoms with E-state index in [-0.39, 0.29) is 27.1 Å². The zero-order chi connectivity index (χ0) is 17.5. The topological polar surface area (TPSA) is 104 Å². The lowest BCUT2D eigenvalue weighted by Gasteiger charge is -2.05. The van der Waals surface area contributed by atoms with E-state index in [0.29, 0.717) is 6.07 Å². The molecule has 1 aromatic carbocycles. The quantitative estimate of drug-likeness (QED) is 0.609. The molecule has 0 bridgehead atoms. The van der Waals surface area contributed by atoms with Gasteiger partial charge in [0.25, 0.3) is 0 Å². The van der Waals surface area contributed by atoms with Crippen molar-refractivity contribution in [2.24, 2.45) is 7.05 Å². The first-order valence-electron chi connectivity index (χ1n) is 6.02. The second-order valence-electron chi connectivity index (χ2n) is 4.62. The molecule has 11 heteroatoms. The Morgan fingerprint density at radius 1 is 1.43 bits per heavy atom. The van der Waals surface area contributed by atoms with Crippen LogP contribution in [-0.4, -0.2) is 36.5 Å². The van der Waals surface area contributed by atoms with E-state index >= 15 is 0 Å². The van der Waals surface area contributed by atoms with Crippen molar-refractivity contribution in [2.75, 3.05) is 13.4 Å². The van der Waals surface area contributed by atoms with Crippen molar-refractivity contribution in [3.8, 4) is 17.0 Å². The predicted octanol–water partition coefficient (Wildman–Crippen LogP) is 2.20. The molecule has 0 fully saturated rings. The molecule has 2 aromatic rings. The van der Waals surface area contributed by atoms with Gasteiger partial charge in [-0.05, 0) is 6.07 Å². The average molecular weight is 364 g/mol. The van der Waals surface area contributed by atoms with Gasteiger partial charge in [-0.2, -0.15) is 5.10 Å². The van der Waals surface area contributed by atoms with Crippen LogP contribution in [0.25, 0.3) is 11.3 Å². The molecule has 0 radical (unpaired) electrons. The molecule has 23 heavy (non-hydrogen) atoms. The minimum absolute atomic E-state index is 0.153. The largest absolute Gasteiger partial charge is 0.490 e. The Morgan fingerprint density at radius 3 is 2.48 bits per heavy atom. The molecular weight excluding hydrogens is 353 g/mol. The molecule has 0 atom stereocenters. The molecule has 0 aliphatic carbocycles. The van der Waals surface area contributed by atoms with E-state index < -0.39 is 26.3 Å². The van der Waals surface area contributed by atoms with Gasteiger partial charge in [0.2, 0.25) is 0 Å². The summed E-state index contributed by atoms with van der Waals surface area (Å²) in [4.78, 5) is 10.1. The number of halogens is 2. The van der Waals surface area contributed by atoms with Crippen molar-refractivity contribution in [3.63, 3.8) is 0 Å². The average Bonchev–Trinajstić information content (AvgIpc) is 2.73. The maximum absolute atomic E-state index is 14.2. The number of aromatic nitrogens is 2. The lowest BCUT2D eigenvalue weighted by molar-refractivity contribution is -0.385. The Bertz CT molecular complexity index is 910. The molecule has 0 amide bonds. The van der Waals surface area contributed by atoms with E-state index in [1.54, 1.807) is 0 Å². The maximum atomic E-state index is 14.2. The number of sulfone groups is 1. The Morgan fingerprint density at radius 2 is 2.04 bits per heavy atom. The molecule has 0 saturated heterocycles. The molecule has 0 saturated carbocycles. The summed E-state index contributed by atoms with van der Waals surface area (Å²) in [5.74, 6) is -1.17. The smallest absolute Gasteiger partial charge is 0.313 e. The normalized spacial score (nSPS) is 11.5. The Labute approximate surface area is 135 Å². The van der Waals surface area contributed by atoms with Gasteiger partial charge in [-0.3, -0.25) is 14.8 Å². The number of ether oxygens (including phenoxy) is 1. The van der Waals surface area contributed by atoms with E-state index in [4.69, 9.17) is 16.3 Å². The third kappa shape index (κ3) is 2.99. The number of nitro benzene ring substituents is 1. The highest BCUT2D eigenvalue weighted by Crippen LogP contribution is 2.38. The first-order valence-corrected chi connectivity index (χ1v) is 8.29. The standard InChI is InChI=1S/C12H11ClFN3O5S/c1-16-12(23(3,20)21)10(13)11(15-16)6-4-9(22-2)8(17(18)19)5-7(6)14/h4-5H,1-3H3. The van der Waals surface area contributed by atoms with Crippen LogP contribution < -0.4 is 4.74 Å². The summed E-state index contributed by atoms with van der Waals surface area (Å²) in [6.07, 6.45) is 0.937. The van der Waals surface area contributed by atoms with E-state index in [0.717, 1.165) is 17.0 Å². The fraction of sp³-hybridized carbons (Fsp3) is 0.250. The van der Waals surface area contributed by atoms with Crippen molar-refractivity contribution in [2.45, 2.75) is 5.03 Å². The summed E-state index contributed by atoms with van der Waals surface area (Å²) in [5, 5.41) is 14.2. The van der Waals surface area contributed by atoms with Gasteiger partial charge in [0, 0.05) is 18.9 Å². The maximum Gasteiger partial charge on any atom is 0.313 e. The summed E-state index contributed by atoms with van der Waals surface area (Å²) in [6, 6.07) is 1.72. The van der Waals surface area contributed by atoms with E-state index in [1.165, 1.54) is 14.2 Å². The lowest BCUT2D eigenvalue weighted by Crippen LogP contribution is -2.05. The molecule has 124 valence electrons. The van der Waals surface area contributed by atoms with Crippen molar-refractivity contribution >= 4 is 27.1 Å². The second-order valence-corrected chi connectivity index (χ2v) is 6.93. The van der Waals surface area contributed by atoms with E-state index in [1.807, 2.05) is 0 Å². The molecule has 1 heterocycles. The van der Waals surface area contributed by atoms with Gasteiger partial charge in [-0.1, -0.05) is 11.6 Å². The van der Waals surface area contributed by atoms with Gasteiger partial charge >= 0.3 is 5.69 Å².